The van der Waals surface area contributed by atoms with Crippen LogP contribution >= 0.6 is 0 Å². The van der Waals surface area contributed by atoms with Gasteiger partial charge in [-0.2, -0.15) is 0 Å². The Morgan fingerprint density at radius 3 is 2.71 bits per heavy atom. The average molecular weight is 241 g/mol. The molecule has 0 radical (unpaired) electrons. The molecule has 1 aliphatic carbocycles. The number of carbonyl (C=O) groups excluding carboxylic acids is 1. The second-order valence-corrected chi connectivity index (χ2v) is 5.07. The van der Waals surface area contributed by atoms with Crippen LogP contribution in [0.2, 0.25) is 0 Å². The van der Waals surface area contributed by atoms with Gasteiger partial charge in [0.15, 0.2) is 0 Å². The van der Waals surface area contributed by atoms with E-state index >= 15 is 0 Å². The molecule has 1 saturated carbocycles. The van der Waals surface area contributed by atoms with E-state index in [1.807, 2.05) is 6.92 Å². The third-order valence-electron chi connectivity index (χ3n) is 3.61. The molecule has 0 spiro atoms. The number of carbonyl (C=O) groups is 1. The zero-order chi connectivity index (χ0) is 12.7. The third-order valence-corrected chi connectivity index (χ3v) is 3.61. The summed E-state index contributed by atoms with van der Waals surface area (Å²) in [6.45, 7) is 6.33. The summed E-state index contributed by atoms with van der Waals surface area (Å²) in [6.07, 6.45) is 5.74. The van der Waals surface area contributed by atoms with E-state index < -0.39 is 0 Å². The normalized spacial score (nSPS) is 17.9. The highest BCUT2D eigenvalue weighted by atomic mass is 16.2. The minimum atomic E-state index is 0.156. The summed E-state index contributed by atoms with van der Waals surface area (Å²) in [5, 5.41) is 3.03. The molecule has 0 aromatic rings. The number of amides is 1. The fourth-order valence-corrected chi connectivity index (χ4v) is 2.04. The van der Waals surface area contributed by atoms with Gasteiger partial charge < -0.3 is 11.1 Å². The van der Waals surface area contributed by atoms with Crippen molar-refractivity contribution in [2.45, 2.75) is 58.0 Å². The molecule has 1 amide bonds. The second kappa shape index (κ2) is 7.67. The van der Waals surface area contributed by atoms with Gasteiger partial charge in [0.2, 0.25) is 5.91 Å². The molecule has 0 heterocycles. The molecule has 0 aromatic heterocycles. The van der Waals surface area contributed by atoms with Crippen LogP contribution in [0.5, 0.6) is 0 Å². The van der Waals surface area contributed by atoms with Crippen LogP contribution in [0.4, 0.5) is 0 Å². The minimum absolute atomic E-state index is 0.156. The van der Waals surface area contributed by atoms with Crippen molar-refractivity contribution in [3.8, 4) is 0 Å². The molecular weight excluding hydrogens is 214 g/mol. The summed E-state index contributed by atoms with van der Waals surface area (Å²) >= 11 is 0. The van der Waals surface area contributed by atoms with Gasteiger partial charge in [0.25, 0.3) is 0 Å². The van der Waals surface area contributed by atoms with E-state index in [2.05, 4.69) is 17.1 Å². The Morgan fingerprint density at radius 1 is 1.53 bits per heavy atom. The number of hydrogen-bond acceptors (Lipinski definition) is 3. The zero-order valence-corrected chi connectivity index (χ0v) is 11.2. The van der Waals surface area contributed by atoms with Crippen molar-refractivity contribution < 1.29 is 4.79 Å². The lowest BCUT2D eigenvalue weighted by Gasteiger charge is -2.37. The molecular formula is C13H27N3O. The van der Waals surface area contributed by atoms with E-state index in [1.165, 1.54) is 19.3 Å². The maximum Gasteiger partial charge on any atom is 0.234 e. The van der Waals surface area contributed by atoms with Crippen molar-refractivity contribution in [1.82, 2.24) is 10.2 Å². The Balaban J connectivity index is 2.33. The van der Waals surface area contributed by atoms with Gasteiger partial charge in [-0.3, -0.25) is 9.69 Å². The van der Waals surface area contributed by atoms with Crippen LogP contribution in [-0.4, -0.2) is 42.5 Å². The number of rotatable bonds is 8. The van der Waals surface area contributed by atoms with Crippen LogP contribution in [0.25, 0.3) is 0 Å². The molecule has 1 atom stereocenters. The Morgan fingerprint density at radius 2 is 2.24 bits per heavy atom. The van der Waals surface area contributed by atoms with Crippen LogP contribution in [0.3, 0.4) is 0 Å². The highest BCUT2D eigenvalue weighted by Gasteiger charge is 2.26. The Labute approximate surface area is 105 Å². The van der Waals surface area contributed by atoms with E-state index in [0.29, 0.717) is 19.1 Å². The Bertz CT molecular complexity index is 229. The Hall–Kier alpha value is -0.610. The molecule has 0 saturated heterocycles. The highest BCUT2D eigenvalue weighted by molar-refractivity contribution is 5.78. The maximum absolute atomic E-state index is 11.8. The average Bonchev–Trinajstić information content (AvgIpc) is 2.23. The summed E-state index contributed by atoms with van der Waals surface area (Å²) < 4.78 is 0. The fourth-order valence-electron chi connectivity index (χ4n) is 2.04. The van der Waals surface area contributed by atoms with Crippen LogP contribution < -0.4 is 11.1 Å². The SMILES string of the molecule is CCC(C)NC(=O)CN(CCCN)C1CCC1. The highest BCUT2D eigenvalue weighted by Crippen LogP contribution is 2.24. The molecule has 4 nitrogen and oxygen atoms in total. The molecule has 3 N–H and O–H groups in total. The standard InChI is InChI=1S/C13H27N3O/c1-3-11(2)15-13(17)10-16(9-5-8-14)12-6-4-7-12/h11-12H,3-10,14H2,1-2H3,(H,15,17). The van der Waals surface area contributed by atoms with Crippen LogP contribution in [-0.2, 0) is 4.79 Å². The summed E-state index contributed by atoms with van der Waals surface area (Å²) in [5.41, 5.74) is 5.54. The van der Waals surface area contributed by atoms with Crippen molar-refractivity contribution >= 4 is 5.91 Å². The summed E-state index contributed by atoms with van der Waals surface area (Å²) in [5.74, 6) is 0.156. The first kappa shape index (κ1) is 14.5. The van der Waals surface area contributed by atoms with Crippen LogP contribution in [0, 0.1) is 0 Å². The molecule has 1 unspecified atom stereocenters. The van der Waals surface area contributed by atoms with E-state index in [4.69, 9.17) is 5.73 Å². The summed E-state index contributed by atoms with van der Waals surface area (Å²) in [4.78, 5) is 14.1. The van der Waals surface area contributed by atoms with E-state index in [1.54, 1.807) is 0 Å². The molecule has 0 aliphatic heterocycles. The quantitative estimate of drug-likeness (QED) is 0.669. The lowest BCUT2D eigenvalue weighted by molar-refractivity contribution is -0.123. The lowest BCUT2D eigenvalue weighted by Crippen LogP contribution is -2.48. The summed E-state index contributed by atoms with van der Waals surface area (Å²) in [7, 11) is 0. The van der Waals surface area contributed by atoms with Gasteiger partial charge in [-0.05, 0) is 39.2 Å². The molecule has 0 aromatic carbocycles. The fraction of sp³-hybridized carbons (Fsp3) is 0.923. The van der Waals surface area contributed by atoms with Crippen molar-refractivity contribution in [3.63, 3.8) is 0 Å². The minimum Gasteiger partial charge on any atom is -0.353 e. The molecule has 100 valence electrons. The van der Waals surface area contributed by atoms with E-state index in [0.717, 1.165) is 19.4 Å². The molecule has 4 heteroatoms. The van der Waals surface area contributed by atoms with Gasteiger partial charge in [0.05, 0.1) is 6.54 Å². The van der Waals surface area contributed by atoms with Crippen molar-refractivity contribution in [3.05, 3.63) is 0 Å². The molecule has 0 bridgehead atoms. The first-order chi connectivity index (χ1) is 8.17. The second-order valence-electron chi connectivity index (χ2n) is 5.07. The first-order valence-corrected chi connectivity index (χ1v) is 6.90. The van der Waals surface area contributed by atoms with Crippen molar-refractivity contribution in [2.75, 3.05) is 19.6 Å². The molecule has 1 fully saturated rings. The monoisotopic (exact) mass is 241 g/mol. The number of nitrogens with one attached hydrogen (secondary N) is 1. The third kappa shape index (κ3) is 5.04. The Kier molecular flexibility index (Phi) is 6.52. The largest absolute Gasteiger partial charge is 0.353 e. The van der Waals surface area contributed by atoms with Crippen molar-refractivity contribution in [1.29, 1.82) is 0 Å². The van der Waals surface area contributed by atoms with Gasteiger partial charge >= 0.3 is 0 Å². The van der Waals surface area contributed by atoms with Gasteiger partial charge in [0.1, 0.15) is 0 Å². The maximum atomic E-state index is 11.8. The predicted octanol–water partition coefficient (Wildman–Crippen LogP) is 1.10. The topological polar surface area (TPSA) is 58.4 Å². The number of hydrogen-bond donors (Lipinski definition) is 2. The lowest BCUT2D eigenvalue weighted by atomic mass is 9.91. The smallest absolute Gasteiger partial charge is 0.234 e. The van der Waals surface area contributed by atoms with E-state index in [-0.39, 0.29) is 11.9 Å². The first-order valence-electron chi connectivity index (χ1n) is 6.90. The molecule has 17 heavy (non-hydrogen) atoms. The molecule has 1 rings (SSSR count). The van der Waals surface area contributed by atoms with Gasteiger partial charge in [0, 0.05) is 18.6 Å². The zero-order valence-electron chi connectivity index (χ0n) is 11.2. The van der Waals surface area contributed by atoms with Gasteiger partial charge in [-0.1, -0.05) is 13.3 Å². The van der Waals surface area contributed by atoms with Crippen LogP contribution in [0.1, 0.15) is 46.0 Å². The number of nitrogens with two attached hydrogens (primary N) is 1. The molecule has 1 aliphatic rings. The van der Waals surface area contributed by atoms with Crippen molar-refractivity contribution in [2.24, 2.45) is 5.73 Å². The van der Waals surface area contributed by atoms with Gasteiger partial charge in [-0.15, -0.1) is 0 Å². The van der Waals surface area contributed by atoms with Crippen LogP contribution in [0.15, 0.2) is 0 Å². The predicted molar refractivity (Wildman–Crippen MR) is 70.8 cm³/mol. The van der Waals surface area contributed by atoms with Gasteiger partial charge in [-0.25, -0.2) is 0 Å². The number of nitrogens with zero attached hydrogens (tertiary/aromatic N) is 1. The van der Waals surface area contributed by atoms with E-state index in [9.17, 15) is 4.79 Å². The summed E-state index contributed by atoms with van der Waals surface area (Å²) in [6, 6.07) is 0.893.